The van der Waals surface area contributed by atoms with Crippen molar-refractivity contribution in [2.45, 2.75) is 32.4 Å². The molecule has 1 aliphatic heterocycles. The van der Waals surface area contributed by atoms with Gasteiger partial charge in [-0.05, 0) is 36.9 Å². The highest BCUT2D eigenvalue weighted by Gasteiger charge is 2.35. The Morgan fingerprint density at radius 2 is 1.81 bits per heavy atom. The van der Waals surface area contributed by atoms with Gasteiger partial charge in [0.25, 0.3) is 5.91 Å². The van der Waals surface area contributed by atoms with Crippen LogP contribution in [0.25, 0.3) is 10.8 Å². The van der Waals surface area contributed by atoms with E-state index in [9.17, 15) is 9.59 Å². The van der Waals surface area contributed by atoms with Gasteiger partial charge < -0.3 is 20.3 Å². The zero-order valence-corrected chi connectivity index (χ0v) is 17.8. The second-order valence-corrected chi connectivity index (χ2v) is 7.71. The highest BCUT2D eigenvalue weighted by Crippen LogP contribution is 2.35. The third-order valence-corrected chi connectivity index (χ3v) is 5.54. The number of hydrogen-bond acceptors (Lipinski definition) is 4. The van der Waals surface area contributed by atoms with Gasteiger partial charge in [0.1, 0.15) is 11.8 Å². The van der Waals surface area contributed by atoms with Gasteiger partial charge in [-0.25, -0.2) is 0 Å². The number of amides is 2. The lowest BCUT2D eigenvalue weighted by Gasteiger charge is -2.38. The van der Waals surface area contributed by atoms with Crippen molar-refractivity contribution in [1.82, 2.24) is 5.32 Å². The van der Waals surface area contributed by atoms with Crippen LogP contribution in [0.4, 0.5) is 11.4 Å². The lowest BCUT2D eigenvalue weighted by atomic mass is 10.1. The Labute approximate surface area is 182 Å². The molecule has 0 aromatic heterocycles. The Bertz CT molecular complexity index is 1090. The molecule has 0 radical (unpaired) electrons. The first-order valence-corrected chi connectivity index (χ1v) is 10.7. The largest absolute Gasteiger partial charge is 0.477 e. The van der Waals surface area contributed by atoms with Crippen molar-refractivity contribution in [2.75, 3.05) is 23.3 Å². The van der Waals surface area contributed by atoms with E-state index in [1.54, 1.807) is 0 Å². The van der Waals surface area contributed by atoms with Crippen molar-refractivity contribution in [3.8, 4) is 5.75 Å². The van der Waals surface area contributed by atoms with Crippen LogP contribution >= 0.6 is 0 Å². The molecule has 1 heterocycles. The van der Waals surface area contributed by atoms with Crippen molar-refractivity contribution >= 4 is 34.0 Å². The van der Waals surface area contributed by atoms with E-state index in [1.807, 2.05) is 85.5 Å². The average molecular weight is 418 g/mol. The second-order valence-electron chi connectivity index (χ2n) is 7.71. The second kappa shape index (κ2) is 9.08. The van der Waals surface area contributed by atoms with Crippen molar-refractivity contribution in [1.29, 1.82) is 0 Å². The molecule has 0 unspecified atom stereocenters. The standard InChI is InChI=1S/C25H27N3O3/c1-3-15-26-25(30)23-16-28(21-13-6-7-14-22(21)31-23)17(2)24(29)27-20-12-8-10-18-9-4-5-11-19(18)20/h4-14,17,23H,3,15-16H2,1-2H3,(H,26,30)(H,27,29)/t17-,23-/m0/s1. The number of ether oxygens (including phenoxy) is 1. The quantitative estimate of drug-likeness (QED) is 0.637. The molecule has 4 rings (SSSR count). The number of nitrogens with one attached hydrogen (secondary N) is 2. The third kappa shape index (κ3) is 4.33. The SMILES string of the molecule is CCCNC(=O)[C@@H]1CN([C@@H](C)C(=O)Nc2cccc3ccccc23)c2ccccc2O1. The number of para-hydroxylation sites is 2. The van der Waals surface area contributed by atoms with Crippen LogP contribution < -0.4 is 20.3 Å². The summed E-state index contributed by atoms with van der Waals surface area (Å²) >= 11 is 0. The van der Waals surface area contributed by atoms with Gasteiger partial charge in [-0.2, -0.15) is 0 Å². The molecule has 0 saturated heterocycles. The van der Waals surface area contributed by atoms with Gasteiger partial charge >= 0.3 is 0 Å². The maximum atomic E-state index is 13.2. The monoisotopic (exact) mass is 417 g/mol. The number of anilines is 2. The van der Waals surface area contributed by atoms with E-state index in [1.165, 1.54) is 0 Å². The Hall–Kier alpha value is -3.54. The molecule has 0 saturated carbocycles. The molecule has 0 fully saturated rings. The van der Waals surface area contributed by atoms with Crippen molar-refractivity contribution in [3.63, 3.8) is 0 Å². The van der Waals surface area contributed by atoms with Gasteiger partial charge in [0, 0.05) is 17.6 Å². The van der Waals surface area contributed by atoms with E-state index in [4.69, 9.17) is 4.74 Å². The predicted molar refractivity (Wildman–Crippen MR) is 124 cm³/mol. The lowest BCUT2D eigenvalue weighted by molar-refractivity contribution is -0.128. The van der Waals surface area contributed by atoms with Crippen molar-refractivity contribution < 1.29 is 14.3 Å². The first-order chi connectivity index (χ1) is 15.1. The maximum Gasteiger partial charge on any atom is 0.262 e. The molecule has 6 heteroatoms. The zero-order chi connectivity index (χ0) is 21.8. The van der Waals surface area contributed by atoms with Gasteiger partial charge in [-0.15, -0.1) is 0 Å². The molecule has 1 aliphatic rings. The third-order valence-electron chi connectivity index (χ3n) is 5.54. The molecule has 2 amide bonds. The molecule has 2 atom stereocenters. The average Bonchev–Trinajstić information content (AvgIpc) is 2.81. The Morgan fingerprint density at radius 3 is 2.65 bits per heavy atom. The van der Waals surface area contributed by atoms with Crippen LogP contribution in [0.3, 0.4) is 0 Å². The molecule has 3 aromatic carbocycles. The van der Waals surface area contributed by atoms with E-state index < -0.39 is 12.1 Å². The van der Waals surface area contributed by atoms with Crippen molar-refractivity contribution in [2.24, 2.45) is 0 Å². The fraction of sp³-hybridized carbons (Fsp3) is 0.280. The molecule has 6 nitrogen and oxygen atoms in total. The fourth-order valence-corrected chi connectivity index (χ4v) is 3.84. The molecule has 160 valence electrons. The summed E-state index contributed by atoms with van der Waals surface area (Å²) in [5, 5.41) is 8.02. The normalized spacial score (nSPS) is 16.2. The molecule has 31 heavy (non-hydrogen) atoms. The van der Waals surface area contributed by atoms with Crippen LogP contribution in [-0.4, -0.2) is 37.0 Å². The van der Waals surface area contributed by atoms with Crippen LogP contribution in [0.2, 0.25) is 0 Å². The highest BCUT2D eigenvalue weighted by atomic mass is 16.5. The summed E-state index contributed by atoms with van der Waals surface area (Å²) in [5.74, 6) is 0.305. The smallest absolute Gasteiger partial charge is 0.262 e. The molecule has 0 aliphatic carbocycles. The van der Waals surface area contributed by atoms with Gasteiger partial charge in [0.15, 0.2) is 6.10 Å². The van der Waals surface area contributed by atoms with Crippen LogP contribution in [0.5, 0.6) is 5.75 Å². The number of benzene rings is 3. The summed E-state index contributed by atoms with van der Waals surface area (Å²) in [6.07, 6.45) is 0.178. The lowest BCUT2D eigenvalue weighted by Crippen LogP contribution is -2.54. The van der Waals surface area contributed by atoms with E-state index in [0.717, 1.165) is 28.6 Å². The minimum atomic E-state index is -0.672. The molecular formula is C25H27N3O3. The first kappa shape index (κ1) is 20.7. The van der Waals surface area contributed by atoms with E-state index in [0.29, 0.717) is 18.8 Å². The minimum absolute atomic E-state index is 0.138. The van der Waals surface area contributed by atoms with Crippen LogP contribution in [0.15, 0.2) is 66.7 Å². The number of carbonyl (C=O) groups excluding carboxylic acids is 2. The van der Waals surface area contributed by atoms with E-state index in [-0.39, 0.29) is 11.8 Å². The van der Waals surface area contributed by atoms with Crippen LogP contribution in [-0.2, 0) is 9.59 Å². The molecule has 0 bridgehead atoms. The summed E-state index contributed by atoms with van der Waals surface area (Å²) in [7, 11) is 0. The fourth-order valence-electron chi connectivity index (χ4n) is 3.84. The molecule has 2 N–H and O–H groups in total. The van der Waals surface area contributed by atoms with Crippen LogP contribution in [0.1, 0.15) is 20.3 Å². The number of nitrogens with zero attached hydrogens (tertiary/aromatic N) is 1. The molecule has 3 aromatic rings. The van der Waals surface area contributed by atoms with Gasteiger partial charge in [-0.3, -0.25) is 9.59 Å². The number of fused-ring (bicyclic) bond motifs is 2. The first-order valence-electron chi connectivity index (χ1n) is 10.7. The number of rotatable bonds is 6. The van der Waals surface area contributed by atoms with E-state index in [2.05, 4.69) is 10.6 Å². The summed E-state index contributed by atoms with van der Waals surface area (Å²) in [6, 6.07) is 20.8. The summed E-state index contributed by atoms with van der Waals surface area (Å²) in [5.41, 5.74) is 1.58. The number of hydrogen-bond donors (Lipinski definition) is 2. The maximum absolute atomic E-state index is 13.2. The van der Waals surface area contributed by atoms with Gasteiger partial charge in [0.2, 0.25) is 5.91 Å². The van der Waals surface area contributed by atoms with E-state index >= 15 is 0 Å². The Morgan fingerprint density at radius 1 is 1.06 bits per heavy atom. The van der Waals surface area contributed by atoms with Crippen molar-refractivity contribution in [3.05, 3.63) is 66.7 Å². The molecular weight excluding hydrogens is 390 g/mol. The molecule has 0 spiro atoms. The predicted octanol–water partition coefficient (Wildman–Crippen LogP) is 3.96. The van der Waals surface area contributed by atoms with Gasteiger partial charge in [-0.1, -0.05) is 55.5 Å². The summed E-state index contributed by atoms with van der Waals surface area (Å²) in [6.45, 7) is 4.75. The topological polar surface area (TPSA) is 70.7 Å². The minimum Gasteiger partial charge on any atom is -0.477 e. The van der Waals surface area contributed by atoms with Gasteiger partial charge in [0.05, 0.1) is 12.2 Å². The summed E-state index contributed by atoms with van der Waals surface area (Å²) in [4.78, 5) is 27.7. The van der Waals surface area contributed by atoms with Crippen LogP contribution in [0, 0.1) is 0 Å². The Balaban J connectivity index is 1.57. The zero-order valence-electron chi connectivity index (χ0n) is 17.8. The Kier molecular flexibility index (Phi) is 6.07. The highest BCUT2D eigenvalue weighted by molar-refractivity contribution is 6.04. The summed E-state index contributed by atoms with van der Waals surface area (Å²) < 4.78 is 5.94. The number of carbonyl (C=O) groups is 2.